The second kappa shape index (κ2) is 9.75. The molecule has 174 valence electrons. The number of nitrogens with zero attached hydrogens (tertiary/aromatic N) is 2. The first-order valence-electron chi connectivity index (χ1n) is 12.0. The molecule has 0 atom stereocenters. The predicted molar refractivity (Wildman–Crippen MR) is 131 cm³/mol. The number of amides is 2. The number of anilines is 2. The molecule has 1 aromatic heterocycles. The number of hydrogen-bond donors (Lipinski definition) is 2. The third kappa shape index (κ3) is 4.93. The van der Waals surface area contributed by atoms with E-state index in [4.69, 9.17) is 14.9 Å². The van der Waals surface area contributed by atoms with Crippen LogP contribution in [0.25, 0.3) is 11.0 Å². The number of urea groups is 1. The Morgan fingerprint density at radius 2 is 1.91 bits per heavy atom. The number of nitrogens with one attached hydrogen (secondary N) is 1. The molecule has 3 N–H and O–H groups in total. The van der Waals surface area contributed by atoms with Crippen molar-refractivity contribution in [1.29, 1.82) is 0 Å². The lowest BCUT2D eigenvalue weighted by atomic mass is 10.1. The normalized spacial score (nSPS) is 16.4. The standard InChI is InChI=1S/C26H32N4O3/c27-26(31)28-25-21-7-1-2-8-22(21)33-23(25)9-3-4-12-29-13-15-30(16-14-29)20-11-10-19-6-5-17-32-24(19)18-20/h1-2,7-8,10-11,18H,3-6,9,12-17H2,(H3,27,28,31). The number of nitrogens with two attached hydrogens (primary N) is 1. The third-order valence-electron chi connectivity index (χ3n) is 6.68. The molecule has 1 fully saturated rings. The average Bonchev–Trinajstić information content (AvgIpc) is 3.18. The highest BCUT2D eigenvalue weighted by Crippen LogP contribution is 2.32. The predicted octanol–water partition coefficient (Wildman–Crippen LogP) is 4.39. The van der Waals surface area contributed by atoms with E-state index < -0.39 is 6.03 Å². The van der Waals surface area contributed by atoms with Crippen molar-refractivity contribution in [1.82, 2.24) is 4.90 Å². The summed E-state index contributed by atoms with van der Waals surface area (Å²) < 4.78 is 11.8. The van der Waals surface area contributed by atoms with Crippen molar-refractivity contribution >= 4 is 28.4 Å². The van der Waals surface area contributed by atoms with Crippen molar-refractivity contribution in [2.75, 3.05) is 49.5 Å². The molecule has 7 heteroatoms. The molecule has 33 heavy (non-hydrogen) atoms. The second-order valence-electron chi connectivity index (χ2n) is 8.92. The molecule has 2 amide bonds. The largest absolute Gasteiger partial charge is 0.493 e. The summed E-state index contributed by atoms with van der Waals surface area (Å²) in [6, 6.07) is 13.9. The van der Waals surface area contributed by atoms with Gasteiger partial charge < -0.3 is 25.1 Å². The molecule has 3 heterocycles. The molecule has 0 spiro atoms. The van der Waals surface area contributed by atoms with Gasteiger partial charge in [0, 0.05) is 49.7 Å². The number of primary amides is 1. The van der Waals surface area contributed by atoms with Gasteiger partial charge in [-0.25, -0.2) is 4.79 Å². The van der Waals surface area contributed by atoms with Gasteiger partial charge in [0.25, 0.3) is 0 Å². The van der Waals surface area contributed by atoms with E-state index in [1.54, 1.807) is 0 Å². The lowest BCUT2D eigenvalue weighted by molar-refractivity contribution is 0.252. The Hall–Kier alpha value is -3.19. The minimum atomic E-state index is -0.564. The highest BCUT2D eigenvalue weighted by Gasteiger charge is 2.20. The van der Waals surface area contributed by atoms with E-state index in [-0.39, 0.29) is 0 Å². The van der Waals surface area contributed by atoms with Crippen molar-refractivity contribution in [3.63, 3.8) is 0 Å². The number of rotatable bonds is 7. The molecule has 5 rings (SSSR count). The van der Waals surface area contributed by atoms with Gasteiger partial charge in [0.2, 0.25) is 0 Å². The van der Waals surface area contributed by atoms with Gasteiger partial charge in [-0.05, 0) is 56.0 Å². The van der Waals surface area contributed by atoms with Gasteiger partial charge in [0.05, 0.1) is 12.3 Å². The molecule has 0 aliphatic carbocycles. The first kappa shape index (κ1) is 21.6. The SMILES string of the molecule is NC(=O)Nc1c(CCCCN2CCN(c3ccc4c(c3)OCCC4)CC2)oc2ccccc12. The van der Waals surface area contributed by atoms with E-state index in [1.807, 2.05) is 24.3 Å². The number of hydrogen-bond acceptors (Lipinski definition) is 5. The molecule has 0 bridgehead atoms. The number of aryl methyl sites for hydroxylation is 2. The van der Waals surface area contributed by atoms with E-state index in [0.717, 1.165) is 93.9 Å². The van der Waals surface area contributed by atoms with Crippen LogP contribution in [0.1, 0.15) is 30.6 Å². The molecule has 0 unspecified atom stereocenters. The molecular weight excluding hydrogens is 416 g/mol. The number of carbonyl (C=O) groups excluding carboxylic acids is 1. The van der Waals surface area contributed by atoms with Crippen LogP contribution in [0, 0.1) is 0 Å². The first-order valence-corrected chi connectivity index (χ1v) is 12.0. The van der Waals surface area contributed by atoms with E-state index in [2.05, 4.69) is 33.3 Å². The van der Waals surface area contributed by atoms with E-state index in [0.29, 0.717) is 5.69 Å². The van der Waals surface area contributed by atoms with Crippen LogP contribution in [0.4, 0.5) is 16.2 Å². The van der Waals surface area contributed by atoms with Crippen LogP contribution in [0.15, 0.2) is 46.9 Å². The minimum Gasteiger partial charge on any atom is -0.493 e. The van der Waals surface area contributed by atoms with Crippen molar-refractivity contribution in [2.45, 2.75) is 32.1 Å². The van der Waals surface area contributed by atoms with Crippen LogP contribution < -0.4 is 20.7 Å². The fraction of sp³-hybridized carbons (Fsp3) is 0.423. The number of piperazine rings is 1. The van der Waals surface area contributed by atoms with Gasteiger partial charge in [0.15, 0.2) is 0 Å². The number of unbranched alkanes of at least 4 members (excludes halogenated alkanes) is 1. The summed E-state index contributed by atoms with van der Waals surface area (Å²) >= 11 is 0. The van der Waals surface area contributed by atoms with Crippen molar-refractivity contribution in [3.8, 4) is 5.75 Å². The number of fused-ring (bicyclic) bond motifs is 2. The van der Waals surface area contributed by atoms with Gasteiger partial charge >= 0.3 is 6.03 Å². The Morgan fingerprint density at radius 1 is 1.06 bits per heavy atom. The lowest BCUT2D eigenvalue weighted by Crippen LogP contribution is -2.46. The molecule has 3 aromatic rings. The Kier molecular flexibility index (Phi) is 6.39. The number of carbonyl (C=O) groups is 1. The highest BCUT2D eigenvalue weighted by atomic mass is 16.5. The number of furan rings is 1. The van der Waals surface area contributed by atoms with Gasteiger partial charge in [-0.3, -0.25) is 4.90 Å². The number of benzene rings is 2. The fourth-order valence-electron chi connectivity index (χ4n) is 4.91. The maximum atomic E-state index is 11.5. The van der Waals surface area contributed by atoms with Crippen molar-refractivity contribution < 1.29 is 13.9 Å². The third-order valence-corrected chi connectivity index (χ3v) is 6.68. The van der Waals surface area contributed by atoms with Crippen LogP contribution in [-0.4, -0.2) is 50.3 Å². The summed E-state index contributed by atoms with van der Waals surface area (Å²) in [5.41, 5.74) is 9.47. The summed E-state index contributed by atoms with van der Waals surface area (Å²) in [4.78, 5) is 16.4. The van der Waals surface area contributed by atoms with E-state index in [1.165, 1.54) is 11.3 Å². The monoisotopic (exact) mass is 448 g/mol. The Balaban J connectivity index is 1.10. The fourth-order valence-corrected chi connectivity index (χ4v) is 4.91. The zero-order chi connectivity index (χ0) is 22.6. The summed E-state index contributed by atoms with van der Waals surface area (Å²) in [7, 11) is 0. The highest BCUT2D eigenvalue weighted by molar-refractivity contribution is 6.00. The lowest BCUT2D eigenvalue weighted by Gasteiger charge is -2.36. The average molecular weight is 449 g/mol. The van der Waals surface area contributed by atoms with E-state index >= 15 is 0 Å². The molecular formula is C26H32N4O3. The number of para-hydroxylation sites is 1. The maximum Gasteiger partial charge on any atom is 0.316 e. The second-order valence-corrected chi connectivity index (χ2v) is 8.92. The summed E-state index contributed by atoms with van der Waals surface area (Å²) in [6.07, 6.45) is 5.09. The quantitative estimate of drug-likeness (QED) is 0.524. The van der Waals surface area contributed by atoms with Gasteiger partial charge in [-0.1, -0.05) is 18.2 Å². The molecule has 0 saturated carbocycles. The van der Waals surface area contributed by atoms with Crippen molar-refractivity contribution in [2.24, 2.45) is 5.73 Å². The smallest absolute Gasteiger partial charge is 0.316 e. The van der Waals surface area contributed by atoms with E-state index in [9.17, 15) is 4.79 Å². The molecule has 1 saturated heterocycles. The van der Waals surface area contributed by atoms with Gasteiger partial charge in [-0.15, -0.1) is 0 Å². The summed E-state index contributed by atoms with van der Waals surface area (Å²) in [5, 5.41) is 3.64. The molecule has 7 nitrogen and oxygen atoms in total. The Morgan fingerprint density at radius 3 is 2.76 bits per heavy atom. The van der Waals surface area contributed by atoms with Crippen LogP contribution in [0.5, 0.6) is 5.75 Å². The molecule has 0 radical (unpaired) electrons. The first-order chi connectivity index (χ1) is 16.2. The zero-order valence-electron chi connectivity index (χ0n) is 19.0. The zero-order valence-corrected chi connectivity index (χ0v) is 19.0. The Bertz CT molecular complexity index is 1120. The Labute approximate surface area is 194 Å². The molecule has 2 aliphatic rings. The van der Waals surface area contributed by atoms with Gasteiger partial charge in [-0.2, -0.15) is 0 Å². The van der Waals surface area contributed by atoms with Crippen LogP contribution in [-0.2, 0) is 12.8 Å². The molecule has 2 aliphatic heterocycles. The molecule has 2 aromatic carbocycles. The topological polar surface area (TPSA) is 84.0 Å². The maximum absolute atomic E-state index is 11.5. The summed E-state index contributed by atoms with van der Waals surface area (Å²) in [5.74, 6) is 1.87. The van der Waals surface area contributed by atoms with Crippen molar-refractivity contribution in [3.05, 3.63) is 53.8 Å². The summed E-state index contributed by atoms with van der Waals surface area (Å²) in [6.45, 7) is 6.11. The minimum absolute atomic E-state index is 0.564. The number of ether oxygens (including phenoxy) is 1. The van der Waals surface area contributed by atoms with Crippen LogP contribution in [0.2, 0.25) is 0 Å². The van der Waals surface area contributed by atoms with Crippen LogP contribution in [0.3, 0.4) is 0 Å². The van der Waals surface area contributed by atoms with Crippen LogP contribution >= 0.6 is 0 Å². The van der Waals surface area contributed by atoms with Gasteiger partial charge in [0.1, 0.15) is 17.1 Å².